The van der Waals surface area contributed by atoms with Crippen molar-refractivity contribution in [3.05, 3.63) is 35.4 Å². The first-order valence-electron chi connectivity index (χ1n) is 2.97. The van der Waals surface area contributed by atoms with Gasteiger partial charge >= 0.3 is 5.97 Å². The van der Waals surface area contributed by atoms with Crippen LogP contribution in [0, 0.1) is 11.3 Å². The Balaban J connectivity index is 0.00000121. The summed E-state index contributed by atoms with van der Waals surface area (Å²) in [6.45, 7) is 0. The molecule has 1 aromatic rings. The van der Waals surface area contributed by atoms with Crippen molar-refractivity contribution in [2.75, 3.05) is 0 Å². The first-order chi connectivity index (χ1) is 5.24. The van der Waals surface area contributed by atoms with Crippen LogP contribution >= 0.6 is 0 Å². The Morgan fingerprint density at radius 1 is 1.33 bits per heavy atom. The molecular formula is C8H5KNO2. The third-order valence-corrected chi connectivity index (χ3v) is 1.26. The molecule has 0 amide bonds. The van der Waals surface area contributed by atoms with E-state index >= 15 is 0 Å². The monoisotopic (exact) mass is 186 g/mol. The van der Waals surface area contributed by atoms with Gasteiger partial charge < -0.3 is 5.11 Å². The van der Waals surface area contributed by atoms with Gasteiger partial charge in [-0.05, 0) is 24.3 Å². The second-order valence-corrected chi connectivity index (χ2v) is 1.99. The normalized spacial score (nSPS) is 7.92. The van der Waals surface area contributed by atoms with Crippen molar-refractivity contribution in [2.45, 2.75) is 0 Å². The molecule has 0 bridgehead atoms. The van der Waals surface area contributed by atoms with Gasteiger partial charge in [0.05, 0.1) is 17.2 Å². The molecule has 0 saturated carbocycles. The quantitative estimate of drug-likeness (QED) is 0.662. The zero-order valence-corrected chi connectivity index (χ0v) is 9.74. The second kappa shape index (κ2) is 5.46. The molecule has 12 heavy (non-hydrogen) atoms. The summed E-state index contributed by atoms with van der Waals surface area (Å²) in [5.74, 6) is -0.977. The first kappa shape index (κ1) is 11.8. The number of nitriles is 1. The molecule has 0 spiro atoms. The minimum atomic E-state index is -0.977. The van der Waals surface area contributed by atoms with Gasteiger partial charge in [-0.2, -0.15) is 5.26 Å². The second-order valence-electron chi connectivity index (χ2n) is 1.99. The maximum atomic E-state index is 10.3. The Kier molecular flexibility index (Phi) is 5.38. The number of hydrogen-bond acceptors (Lipinski definition) is 2. The zero-order chi connectivity index (χ0) is 8.27. The first-order valence-corrected chi connectivity index (χ1v) is 2.97. The molecule has 4 heteroatoms. The maximum absolute atomic E-state index is 10.3. The van der Waals surface area contributed by atoms with Gasteiger partial charge in [0.1, 0.15) is 0 Å². The fourth-order valence-corrected chi connectivity index (χ4v) is 0.687. The summed E-state index contributed by atoms with van der Waals surface area (Å²) in [7, 11) is 0. The summed E-state index contributed by atoms with van der Waals surface area (Å²) in [6, 6.07) is 7.66. The topological polar surface area (TPSA) is 61.1 Å². The fourth-order valence-electron chi connectivity index (χ4n) is 0.687. The summed E-state index contributed by atoms with van der Waals surface area (Å²) >= 11 is 0. The van der Waals surface area contributed by atoms with Gasteiger partial charge in [0.25, 0.3) is 0 Å². The smallest absolute Gasteiger partial charge is 0.335 e. The molecule has 1 aromatic carbocycles. The molecule has 1 rings (SSSR count). The standard InChI is InChI=1S/C8H5NO2.K/c9-5-6-1-3-7(4-2-6)8(10)11;/h1-4H,(H,10,11);. The number of nitrogens with zero attached hydrogens (tertiary/aromatic N) is 1. The number of carboxylic acids is 1. The van der Waals surface area contributed by atoms with Crippen molar-refractivity contribution in [1.82, 2.24) is 0 Å². The third-order valence-electron chi connectivity index (χ3n) is 1.26. The van der Waals surface area contributed by atoms with Gasteiger partial charge in [-0.3, -0.25) is 0 Å². The third kappa shape index (κ3) is 3.05. The predicted octanol–water partition coefficient (Wildman–Crippen LogP) is 0.876. The van der Waals surface area contributed by atoms with Gasteiger partial charge in [0, 0.05) is 51.4 Å². The van der Waals surface area contributed by atoms with Crippen molar-refractivity contribution in [2.24, 2.45) is 0 Å². The minimum Gasteiger partial charge on any atom is -0.478 e. The summed E-state index contributed by atoms with van der Waals surface area (Å²) in [5.41, 5.74) is 0.666. The van der Waals surface area contributed by atoms with Crippen molar-refractivity contribution in [3.63, 3.8) is 0 Å². The molecule has 0 aliphatic rings. The molecular weight excluding hydrogens is 181 g/mol. The van der Waals surface area contributed by atoms with Crippen molar-refractivity contribution in [1.29, 1.82) is 5.26 Å². The Labute approximate surface area is 112 Å². The molecule has 1 N–H and O–H groups in total. The Bertz CT molecular complexity index is 313. The van der Waals surface area contributed by atoms with Crippen LogP contribution in [0.2, 0.25) is 0 Å². The zero-order valence-electron chi connectivity index (χ0n) is 6.61. The number of benzene rings is 1. The average molecular weight is 186 g/mol. The van der Waals surface area contributed by atoms with E-state index in [9.17, 15) is 4.79 Å². The van der Waals surface area contributed by atoms with Crippen LogP contribution in [-0.2, 0) is 0 Å². The molecule has 1 radical (unpaired) electrons. The van der Waals surface area contributed by atoms with Crippen LogP contribution in [0.25, 0.3) is 0 Å². The number of carboxylic acid groups (broad SMARTS) is 1. The summed E-state index contributed by atoms with van der Waals surface area (Å²) in [4.78, 5) is 10.3. The Morgan fingerprint density at radius 2 is 1.83 bits per heavy atom. The molecule has 0 aliphatic carbocycles. The van der Waals surface area contributed by atoms with Crippen LogP contribution in [0.3, 0.4) is 0 Å². The molecule has 0 atom stereocenters. The Hall–Kier alpha value is -0.184. The molecule has 0 unspecified atom stereocenters. The summed E-state index contributed by atoms with van der Waals surface area (Å²) < 4.78 is 0. The van der Waals surface area contributed by atoms with Gasteiger partial charge in [-0.15, -0.1) is 0 Å². The summed E-state index contributed by atoms with van der Waals surface area (Å²) in [6.07, 6.45) is 0. The van der Waals surface area contributed by atoms with Crippen LogP contribution in [0.4, 0.5) is 0 Å². The number of carbonyl (C=O) groups is 1. The maximum Gasteiger partial charge on any atom is 0.335 e. The van der Waals surface area contributed by atoms with Crippen molar-refractivity contribution < 1.29 is 9.90 Å². The van der Waals surface area contributed by atoms with Gasteiger partial charge in [-0.1, -0.05) is 0 Å². The average Bonchev–Trinajstić information content (AvgIpc) is 2.05. The van der Waals surface area contributed by atoms with E-state index in [0.717, 1.165) is 0 Å². The number of rotatable bonds is 1. The van der Waals surface area contributed by atoms with Crippen LogP contribution < -0.4 is 0 Å². The van der Waals surface area contributed by atoms with Gasteiger partial charge in [0.15, 0.2) is 0 Å². The minimum absolute atomic E-state index is 0. The Morgan fingerprint density at radius 3 is 2.17 bits per heavy atom. The van der Waals surface area contributed by atoms with Gasteiger partial charge in [-0.25, -0.2) is 4.79 Å². The van der Waals surface area contributed by atoms with Crippen molar-refractivity contribution >= 4 is 57.4 Å². The van der Waals surface area contributed by atoms with Crippen LogP contribution in [-0.4, -0.2) is 62.5 Å². The molecule has 0 saturated heterocycles. The molecule has 0 heterocycles. The van der Waals surface area contributed by atoms with Crippen LogP contribution in [0.15, 0.2) is 24.3 Å². The van der Waals surface area contributed by atoms with Crippen LogP contribution in [0.1, 0.15) is 15.9 Å². The summed E-state index contributed by atoms with van der Waals surface area (Å²) in [5, 5.41) is 16.8. The van der Waals surface area contributed by atoms with E-state index in [1.54, 1.807) is 0 Å². The van der Waals surface area contributed by atoms with E-state index in [1.807, 2.05) is 6.07 Å². The van der Waals surface area contributed by atoms with E-state index in [1.165, 1.54) is 24.3 Å². The van der Waals surface area contributed by atoms with Crippen molar-refractivity contribution in [3.8, 4) is 6.07 Å². The molecule has 3 nitrogen and oxygen atoms in total. The molecule has 0 aliphatic heterocycles. The largest absolute Gasteiger partial charge is 0.478 e. The SMILES string of the molecule is N#Cc1ccc(C(=O)O)cc1.[K]. The molecule has 55 valence electrons. The van der Waals surface area contributed by atoms with E-state index < -0.39 is 5.97 Å². The van der Waals surface area contributed by atoms with E-state index in [2.05, 4.69) is 0 Å². The van der Waals surface area contributed by atoms with E-state index in [4.69, 9.17) is 10.4 Å². The number of aromatic carboxylic acids is 1. The molecule has 0 fully saturated rings. The van der Waals surface area contributed by atoms with Gasteiger partial charge in [0.2, 0.25) is 0 Å². The van der Waals surface area contributed by atoms with E-state index in [-0.39, 0.29) is 56.9 Å². The van der Waals surface area contributed by atoms with Crippen LogP contribution in [0.5, 0.6) is 0 Å². The number of hydrogen-bond donors (Lipinski definition) is 1. The molecule has 0 aromatic heterocycles. The van der Waals surface area contributed by atoms with E-state index in [0.29, 0.717) is 5.56 Å². The fraction of sp³-hybridized carbons (Fsp3) is 0. The predicted molar refractivity (Wildman–Crippen MR) is 43.9 cm³/mol.